The topological polar surface area (TPSA) is 80.9 Å². The second kappa shape index (κ2) is 4.69. The molecule has 0 spiro atoms. The molecule has 1 rings (SSSR count). The minimum atomic E-state index is -0.788. The van der Waals surface area contributed by atoms with E-state index in [1.54, 1.807) is 4.68 Å². The highest BCUT2D eigenvalue weighted by molar-refractivity contribution is 5.66. The van der Waals surface area contributed by atoms with Crippen LogP contribution in [0.2, 0.25) is 0 Å². The average molecular weight is 198 g/mol. The lowest BCUT2D eigenvalue weighted by Gasteiger charge is -2.08. The standard InChI is InChI=1S/C8H14N4O2/c1-3-7-9-10-11-12(7)5-6(2)4-8(13)14/h6H,3-5H2,1-2H3,(H,13,14). The third-order valence-electron chi connectivity index (χ3n) is 1.93. The molecule has 14 heavy (non-hydrogen) atoms. The molecule has 6 heteroatoms. The lowest BCUT2D eigenvalue weighted by Crippen LogP contribution is -2.15. The number of hydrogen-bond donors (Lipinski definition) is 1. The van der Waals surface area contributed by atoms with Gasteiger partial charge in [-0.05, 0) is 16.3 Å². The van der Waals surface area contributed by atoms with Gasteiger partial charge in [0, 0.05) is 19.4 Å². The number of aryl methyl sites for hydroxylation is 1. The van der Waals surface area contributed by atoms with Crippen molar-refractivity contribution < 1.29 is 9.90 Å². The van der Waals surface area contributed by atoms with Crippen LogP contribution >= 0.6 is 0 Å². The third-order valence-corrected chi connectivity index (χ3v) is 1.93. The van der Waals surface area contributed by atoms with Gasteiger partial charge in [-0.2, -0.15) is 0 Å². The molecule has 1 unspecified atom stereocenters. The minimum Gasteiger partial charge on any atom is -0.481 e. The van der Waals surface area contributed by atoms with Crippen LogP contribution < -0.4 is 0 Å². The van der Waals surface area contributed by atoms with Crippen molar-refractivity contribution in [1.29, 1.82) is 0 Å². The van der Waals surface area contributed by atoms with E-state index in [0.29, 0.717) is 6.54 Å². The molecule has 0 aliphatic rings. The fourth-order valence-electron chi connectivity index (χ4n) is 1.28. The van der Waals surface area contributed by atoms with E-state index in [1.165, 1.54) is 0 Å². The van der Waals surface area contributed by atoms with Crippen LogP contribution in [0.15, 0.2) is 0 Å². The van der Waals surface area contributed by atoms with Crippen molar-refractivity contribution in [3.05, 3.63) is 5.82 Å². The molecule has 1 heterocycles. The van der Waals surface area contributed by atoms with Gasteiger partial charge in [0.2, 0.25) is 0 Å². The molecular weight excluding hydrogens is 184 g/mol. The summed E-state index contributed by atoms with van der Waals surface area (Å²) in [7, 11) is 0. The monoisotopic (exact) mass is 198 g/mol. The zero-order valence-corrected chi connectivity index (χ0v) is 8.34. The Kier molecular flexibility index (Phi) is 3.55. The predicted molar refractivity (Wildman–Crippen MR) is 48.6 cm³/mol. The quantitative estimate of drug-likeness (QED) is 0.738. The smallest absolute Gasteiger partial charge is 0.303 e. The van der Waals surface area contributed by atoms with Gasteiger partial charge in [0.15, 0.2) is 5.82 Å². The minimum absolute atomic E-state index is 0.0429. The van der Waals surface area contributed by atoms with Crippen LogP contribution in [-0.4, -0.2) is 31.3 Å². The Bertz CT molecular complexity index is 310. The van der Waals surface area contributed by atoms with Crippen LogP contribution in [0.5, 0.6) is 0 Å². The van der Waals surface area contributed by atoms with Gasteiger partial charge in [-0.3, -0.25) is 4.79 Å². The fourth-order valence-corrected chi connectivity index (χ4v) is 1.28. The van der Waals surface area contributed by atoms with Crippen LogP contribution in [0.1, 0.15) is 26.1 Å². The number of tetrazole rings is 1. The van der Waals surface area contributed by atoms with Gasteiger partial charge in [0.05, 0.1) is 0 Å². The number of nitrogens with zero attached hydrogens (tertiary/aromatic N) is 4. The number of aliphatic carboxylic acids is 1. The van der Waals surface area contributed by atoms with Gasteiger partial charge >= 0.3 is 5.97 Å². The van der Waals surface area contributed by atoms with E-state index in [2.05, 4.69) is 15.5 Å². The average Bonchev–Trinajstić information content (AvgIpc) is 2.50. The molecule has 0 radical (unpaired) electrons. The molecule has 78 valence electrons. The highest BCUT2D eigenvalue weighted by atomic mass is 16.4. The Morgan fingerprint density at radius 3 is 2.93 bits per heavy atom. The summed E-state index contributed by atoms with van der Waals surface area (Å²) in [5, 5.41) is 19.7. The zero-order chi connectivity index (χ0) is 10.6. The van der Waals surface area contributed by atoms with Crippen molar-refractivity contribution >= 4 is 5.97 Å². The maximum Gasteiger partial charge on any atom is 0.303 e. The second-order valence-corrected chi connectivity index (χ2v) is 3.33. The molecule has 1 N–H and O–H groups in total. The molecule has 0 aromatic carbocycles. The van der Waals surface area contributed by atoms with Gasteiger partial charge < -0.3 is 5.11 Å². The number of carboxylic acid groups (broad SMARTS) is 1. The number of carbonyl (C=O) groups is 1. The summed E-state index contributed by atoms with van der Waals surface area (Å²) in [6.45, 7) is 4.39. The van der Waals surface area contributed by atoms with Crippen molar-refractivity contribution in [3.63, 3.8) is 0 Å². The highest BCUT2D eigenvalue weighted by Crippen LogP contribution is 2.06. The Hall–Kier alpha value is -1.46. The molecule has 1 aromatic rings. The molecular formula is C8H14N4O2. The van der Waals surface area contributed by atoms with Gasteiger partial charge in [-0.25, -0.2) is 4.68 Å². The summed E-state index contributed by atoms with van der Waals surface area (Å²) in [6.07, 6.45) is 0.899. The molecule has 0 aliphatic carbocycles. The van der Waals surface area contributed by atoms with Gasteiger partial charge in [0.1, 0.15) is 0 Å². The Labute approximate surface area is 81.9 Å². The van der Waals surface area contributed by atoms with Gasteiger partial charge in [-0.15, -0.1) is 5.10 Å². The Balaban J connectivity index is 2.55. The third kappa shape index (κ3) is 2.79. The first-order valence-corrected chi connectivity index (χ1v) is 4.60. The summed E-state index contributed by atoms with van der Waals surface area (Å²) < 4.78 is 1.66. The van der Waals surface area contributed by atoms with Gasteiger partial charge in [0.25, 0.3) is 0 Å². The molecule has 0 saturated heterocycles. The molecule has 0 aliphatic heterocycles. The zero-order valence-electron chi connectivity index (χ0n) is 8.34. The molecule has 0 saturated carbocycles. The van der Waals surface area contributed by atoms with E-state index >= 15 is 0 Å². The van der Waals surface area contributed by atoms with Crippen molar-refractivity contribution in [2.75, 3.05) is 0 Å². The summed E-state index contributed by atoms with van der Waals surface area (Å²) in [6, 6.07) is 0. The van der Waals surface area contributed by atoms with Crippen molar-refractivity contribution in [1.82, 2.24) is 20.2 Å². The number of rotatable bonds is 5. The second-order valence-electron chi connectivity index (χ2n) is 3.33. The van der Waals surface area contributed by atoms with E-state index in [1.807, 2.05) is 13.8 Å². The van der Waals surface area contributed by atoms with E-state index in [0.717, 1.165) is 12.2 Å². The maximum atomic E-state index is 10.4. The molecule has 0 fully saturated rings. The first-order chi connectivity index (χ1) is 6.63. The van der Waals surface area contributed by atoms with E-state index in [9.17, 15) is 4.79 Å². The molecule has 1 aromatic heterocycles. The fraction of sp³-hybridized carbons (Fsp3) is 0.750. The van der Waals surface area contributed by atoms with E-state index in [-0.39, 0.29) is 12.3 Å². The highest BCUT2D eigenvalue weighted by Gasteiger charge is 2.11. The van der Waals surface area contributed by atoms with Crippen LogP contribution in [0.3, 0.4) is 0 Å². The largest absolute Gasteiger partial charge is 0.481 e. The van der Waals surface area contributed by atoms with Crippen molar-refractivity contribution in [3.8, 4) is 0 Å². The normalized spacial score (nSPS) is 12.7. The predicted octanol–water partition coefficient (Wildman–Crippen LogP) is 0.346. The number of hydrogen-bond acceptors (Lipinski definition) is 4. The first kappa shape index (κ1) is 10.6. The summed E-state index contributed by atoms with van der Waals surface area (Å²) >= 11 is 0. The summed E-state index contributed by atoms with van der Waals surface area (Å²) in [5.41, 5.74) is 0. The van der Waals surface area contributed by atoms with E-state index < -0.39 is 5.97 Å². The number of carboxylic acids is 1. The Morgan fingerprint density at radius 1 is 1.64 bits per heavy atom. The van der Waals surface area contributed by atoms with Gasteiger partial charge in [-0.1, -0.05) is 13.8 Å². The van der Waals surface area contributed by atoms with Crippen molar-refractivity contribution in [2.24, 2.45) is 5.92 Å². The van der Waals surface area contributed by atoms with Crippen LogP contribution in [0.25, 0.3) is 0 Å². The molecule has 6 nitrogen and oxygen atoms in total. The maximum absolute atomic E-state index is 10.4. The van der Waals surface area contributed by atoms with Crippen molar-refractivity contribution in [2.45, 2.75) is 33.2 Å². The van der Waals surface area contributed by atoms with Crippen LogP contribution in [0.4, 0.5) is 0 Å². The SMILES string of the molecule is CCc1nnnn1CC(C)CC(=O)O. The van der Waals surface area contributed by atoms with Crippen LogP contribution in [-0.2, 0) is 17.8 Å². The summed E-state index contributed by atoms with van der Waals surface area (Å²) in [4.78, 5) is 10.4. The Morgan fingerprint density at radius 2 is 2.36 bits per heavy atom. The molecule has 0 amide bonds. The lowest BCUT2D eigenvalue weighted by atomic mass is 10.1. The number of aromatic nitrogens is 4. The lowest BCUT2D eigenvalue weighted by molar-refractivity contribution is -0.138. The van der Waals surface area contributed by atoms with Crippen LogP contribution in [0, 0.1) is 5.92 Å². The van der Waals surface area contributed by atoms with E-state index in [4.69, 9.17) is 5.11 Å². The molecule has 0 bridgehead atoms. The molecule has 1 atom stereocenters. The first-order valence-electron chi connectivity index (χ1n) is 4.60. The summed E-state index contributed by atoms with van der Waals surface area (Å²) in [5.74, 6) is 0.0483.